The van der Waals surface area contributed by atoms with Crippen LogP contribution in [0.3, 0.4) is 0 Å². The summed E-state index contributed by atoms with van der Waals surface area (Å²) in [6.45, 7) is 3.51. The first kappa shape index (κ1) is 14.7. The van der Waals surface area contributed by atoms with Gasteiger partial charge < -0.3 is 5.32 Å². The van der Waals surface area contributed by atoms with Gasteiger partial charge in [-0.1, -0.05) is 6.07 Å². The minimum atomic E-state index is -0.461. The zero-order chi connectivity index (χ0) is 14.9. The molecule has 0 bridgehead atoms. The number of carbonyl (C=O) groups excluding carboxylic acids is 1. The Morgan fingerprint density at radius 2 is 2.10 bits per heavy atom. The Morgan fingerprint density at radius 3 is 2.65 bits per heavy atom. The zero-order valence-electron chi connectivity index (χ0n) is 10.8. The number of halogens is 1. The van der Waals surface area contributed by atoms with Gasteiger partial charge in [-0.3, -0.25) is 14.9 Å². The first-order valence-corrected chi connectivity index (χ1v) is 7.32. The Labute approximate surface area is 127 Å². The average Bonchev–Trinajstić information content (AvgIpc) is 2.72. The van der Waals surface area contributed by atoms with E-state index in [4.69, 9.17) is 0 Å². The third kappa shape index (κ3) is 2.88. The fourth-order valence-corrected chi connectivity index (χ4v) is 3.14. The van der Waals surface area contributed by atoms with Gasteiger partial charge in [0.15, 0.2) is 0 Å². The zero-order valence-corrected chi connectivity index (χ0v) is 13.2. The number of hydrogen-bond donors (Lipinski definition) is 1. The summed E-state index contributed by atoms with van der Waals surface area (Å²) in [5.74, 6) is -0.271. The standard InChI is InChI=1S/C13H11BrN2O3S/c1-7-6-11(20-12(7)14)13(17)15-9-4-3-5-10(8(9)2)16(18)19/h3-6H,1-2H3,(H,15,17). The maximum absolute atomic E-state index is 12.1. The van der Waals surface area contributed by atoms with Gasteiger partial charge in [-0.05, 0) is 47.5 Å². The Bertz CT molecular complexity index is 677. The van der Waals surface area contributed by atoms with Crippen molar-refractivity contribution in [1.82, 2.24) is 0 Å². The van der Waals surface area contributed by atoms with Crippen molar-refractivity contribution in [2.24, 2.45) is 0 Å². The molecule has 20 heavy (non-hydrogen) atoms. The number of nitrogens with zero attached hydrogens (tertiary/aromatic N) is 1. The maximum atomic E-state index is 12.1. The van der Waals surface area contributed by atoms with E-state index >= 15 is 0 Å². The SMILES string of the molecule is Cc1cc(C(=O)Nc2cccc([N+](=O)[O-])c2C)sc1Br. The first-order chi connectivity index (χ1) is 9.40. The van der Waals surface area contributed by atoms with Crippen LogP contribution in [0.5, 0.6) is 0 Å². The smallest absolute Gasteiger partial charge is 0.274 e. The number of thiophene rings is 1. The molecule has 2 aromatic rings. The second-order valence-corrected chi connectivity index (χ2v) is 6.60. The van der Waals surface area contributed by atoms with Gasteiger partial charge in [-0.25, -0.2) is 0 Å². The number of rotatable bonds is 3. The molecule has 1 amide bonds. The summed E-state index contributed by atoms with van der Waals surface area (Å²) in [7, 11) is 0. The van der Waals surface area contributed by atoms with Crippen LogP contribution < -0.4 is 5.32 Å². The van der Waals surface area contributed by atoms with Crippen molar-refractivity contribution >= 4 is 44.5 Å². The minimum Gasteiger partial charge on any atom is -0.321 e. The summed E-state index contributed by atoms with van der Waals surface area (Å²) in [5, 5.41) is 13.6. The van der Waals surface area contributed by atoms with Crippen molar-refractivity contribution in [2.45, 2.75) is 13.8 Å². The predicted molar refractivity (Wildman–Crippen MR) is 82.5 cm³/mol. The van der Waals surface area contributed by atoms with E-state index in [2.05, 4.69) is 21.2 Å². The number of amides is 1. The molecule has 0 radical (unpaired) electrons. The Balaban J connectivity index is 2.28. The van der Waals surface area contributed by atoms with Crippen molar-refractivity contribution in [3.63, 3.8) is 0 Å². The van der Waals surface area contributed by atoms with Crippen LogP contribution in [-0.2, 0) is 0 Å². The Hall–Kier alpha value is -1.73. The van der Waals surface area contributed by atoms with Crippen molar-refractivity contribution in [3.8, 4) is 0 Å². The molecule has 104 valence electrons. The Kier molecular flexibility index (Phi) is 4.20. The number of aryl methyl sites for hydroxylation is 1. The number of anilines is 1. The molecule has 0 unspecified atom stereocenters. The van der Waals surface area contributed by atoms with Crippen molar-refractivity contribution in [1.29, 1.82) is 0 Å². The summed E-state index contributed by atoms with van der Waals surface area (Å²) in [5.41, 5.74) is 1.87. The van der Waals surface area contributed by atoms with E-state index in [-0.39, 0.29) is 11.6 Å². The Morgan fingerprint density at radius 1 is 1.40 bits per heavy atom. The van der Waals surface area contributed by atoms with Crippen LogP contribution in [0.1, 0.15) is 20.8 Å². The molecule has 2 rings (SSSR count). The maximum Gasteiger partial charge on any atom is 0.274 e. The van der Waals surface area contributed by atoms with Gasteiger partial charge in [-0.15, -0.1) is 11.3 Å². The van der Waals surface area contributed by atoms with Gasteiger partial charge in [0.05, 0.1) is 24.8 Å². The van der Waals surface area contributed by atoms with Crippen LogP contribution >= 0.6 is 27.3 Å². The molecular formula is C13H11BrN2O3S. The highest BCUT2D eigenvalue weighted by atomic mass is 79.9. The van der Waals surface area contributed by atoms with Gasteiger partial charge in [0.1, 0.15) is 0 Å². The van der Waals surface area contributed by atoms with Crippen molar-refractivity contribution < 1.29 is 9.72 Å². The lowest BCUT2D eigenvalue weighted by Gasteiger charge is -2.07. The number of nitrogens with one attached hydrogen (secondary N) is 1. The monoisotopic (exact) mass is 354 g/mol. The average molecular weight is 355 g/mol. The quantitative estimate of drug-likeness (QED) is 0.660. The largest absolute Gasteiger partial charge is 0.321 e. The molecule has 0 atom stereocenters. The van der Waals surface area contributed by atoms with Crippen molar-refractivity contribution in [3.05, 3.63) is 54.2 Å². The number of hydrogen-bond acceptors (Lipinski definition) is 4. The summed E-state index contributed by atoms with van der Waals surface area (Å²) in [4.78, 5) is 23.1. The van der Waals surface area contributed by atoms with Gasteiger partial charge in [-0.2, -0.15) is 0 Å². The summed E-state index contributed by atoms with van der Waals surface area (Å²) in [6.07, 6.45) is 0. The molecule has 0 saturated heterocycles. The van der Waals surface area contributed by atoms with Crippen LogP contribution in [0.15, 0.2) is 28.1 Å². The van der Waals surface area contributed by atoms with Gasteiger partial charge in [0.25, 0.3) is 11.6 Å². The highest BCUT2D eigenvalue weighted by Gasteiger charge is 2.17. The van der Waals surface area contributed by atoms with Crippen LogP contribution in [0.4, 0.5) is 11.4 Å². The van der Waals surface area contributed by atoms with E-state index < -0.39 is 4.92 Å². The third-order valence-electron chi connectivity index (χ3n) is 2.83. The topological polar surface area (TPSA) is 72.2 Å². The molecule has 5 nitrogen and oxygen atoms in total. The lowest BCUT2D eigenvalue weighted by Crippen LogP contribution is -2.11. The summed E-state index contributed by atoms with van der Waals surface area (Å²) in [6, 6.07) is 6.39. The molecule has 1 aromatic carbocycles. The highest BCUT2D eigenvalue weighted by molar-refractivity contribution is 9.11. The number of benzene rings is 1. The molecular weight excluding hydrogens is 344 g/mol. The van der Waals surface area contributed by atoms with Crippen LogP contribution in [0.2, 0.25) is 0 Å². The third-order valence-corrected chi connectivity index (χ3v) is 4.97. The normalized spacial score (nSPS) is 10.3. The number of carbonyl (C=O) groups is 1. The first-order valence-electron chi connectivity index (χ1n) is 5.71. The van der Waals surface area contributed by atoms with Crippen LogP contribution in [0, 0.1) is 24.0 Å². The van der Waals surface area contributed by atoms with E-state index in [9.17, 15) is 14.9 Å². The molecule has 1 aromatic heterocycles. The van der Waals surface area contributed by atoms with Crippen molar-refractivity contribution in [2.75, 3.05) is 5.32 Å². The molecule has 0 spiro atoms. The molecule has 0 aliphatic heterocycles. The molecule has 7 heteroatoms. The molecule has 0 fully saturated rings. The van der Waals surface area contributed by atoms with E-state index in [1.807, 2.05) is 6.92 Å². The molecule has 1 N–H and O–H groups in total. The second kappa shape index (κ2) is 5.72. The summed E-state index contributed by atoms with van der Waals surface area (Å²) < 4.78 is 0.901. The van der Waals surface area contributed by atoms with Gasteiger partial charge in [0, 0.05) is 6.07 Å². The highest BCUT2D eigenvalue weighted by Crippen LogP contribution is 2.29. The second-order valence-electron chi connectivity index (χ2n) is 4.23. The molecule has 1 heterocycles. The van der Waals surface area contributed by atoms with E-state index in [0.717, 1.165) is 9.35 Å². The van der Waals surface area contributed by atoms with Crippen LogP contribution in [-0.4, -0.2) is 10.8 Å². The fraction of sp³-hybridized carbons (Fsp3) is 0.154. The van der Waals surface area contributed by atoms with Gasteiger partial charge >= 0.3 is 0 Å². The van der Waals surface area contributed by atoms with Gasteiger partial charge in [0.2, 0.25) is 0 Å². The minimum absolute atomic E-state index is 0.00802. The van der Waals surface area contributed by atoms with Crippen LogP contribution in [0.25, 0.3) is 0 Å². The predicted octanol–water partition coefficient (Wildman–Crippen LogP) is 4.29. The van der Waals surface area contributed by atoms with E-state index in [0.29, 0.717) is 16.1 Å². The lowest BCUT2D eigenvalue weighted by molar-refractivity contribution is -0.385. The molecule has 0 aliphatic carbocycles. The lowest BCUT2D eigenvalue weighted by atomic mass is 10.1. The number of nitro benzene ring substituents is 1. The summed E-state index contributed by atoms with van der Waals surface area (Å²) >= 11 is 4.69. The van der Waals surface area contributed by atoms with E-state index in [1.165, 1.54) is 17.4 Å². The fourth-order valence-electron chi connectivity index (χ4n) is 1.71. The molecule has 0 aliphatic rings. The molecule has 0 saturated carbocycles. The van der Waals surface area contributed by atoms with E-state index in [1.54, 1.807) is 25.1 Å². The number of nitro groups is 1.